The maximum absolute atomic E-state index is 12.4. The van der Waals surface area contributed by atoms with Crippen LogP contribution in [0.4, 0.5) is 0 Å². The zero-order valence-corrected chi connectivity index (χ0v) is 14.0. The maximum atomic E-state index is 12.4. The van der Waals surface area contributed by atoms with Crippen molar-refractivity contribution >= 4 is 22.1 Å². The van der Waals surface area contributed by atoms with Crippen LogP contribution in [0, 0.1) is 0 Å². The molecule has 0 saturated heterocycles. The number of rotatable bonds is 9. The third-order valence-corrected chi connectivity index (χ3v) is 4.83. The van der Waals surface area contributed by atoms with E-state index in [2.05, 4.69) is 4.74 Å². The van der Waals surface area contributed by atoms with E-state index in [1.54, 1.807) is 20.8 Å². The normalized spacial score (nSPS) is 12.0. The zero-order valence-electron chi connectivity index (χ0n) is 13.2. The fourth-order valence-electron chi connectivity index (χ4n) is 1.51. The second-order valence-corrected chi connectivity index (χ2v) is 6.59. The molecule has 8 nitrogen and oxygen atoms in total. The number of esters is 2. The SMILES string of the molecule is CCOC(=O)CN(C(C)C)S(=O)(=O)N(C)CCC(=O)OC. The van der Waals surface area contributed by atoms with Crippen LogP contribution in [0.3, 0.4) is 0 Å². The summed E-state index contributed by atoms with van der Waals surface area (Å²) in [5.74, 6) is -1.12. The Bertz CT molecular complexity index is 449. The predicted octanol–water partition coefficient (Wildman–Crippen LogP) is -0.000400. The molecule has 0 aliphatic carbocycles. The van der Waals surface area contributed by atoms with Crippen molar-refractivity contribution < 1.29 is 27.5 Å². The van der Waals surface area contributed by atoms with Gasteiger partial charge in [0.15, 0.2) is 0 Å². The van der Waals surface area contributed by atoms with Gasteiger partial charge >= 0.3 is 11.9 Å². The Morgan fingerprint density at radius 1 is 1.19 bits per heavy atom. The molecule has 0 aromatic rings. The van der Waals surface area contributed by atoms with Crippen LogP contribution < -0.4 is 0 Å². The first-order valence-corrected chi connectivity index (χ1v) is 8.02. The minimum absolute atomic E-state index is 0.0267. The van der Waals surface area contributed by atoms with Crippen LogP contribution in [0.25, 0.3) is 0 Å². The van der Waals surface area contributed by atoms with Gasteiger partial charge in [0, 0.05) is 19.6 Å². The molecule has 0 rings (SSSR count). The summed E-state index contributed by atoms with van der Waals surface area (Å²) < 4.78 is 36.1. The summed E-state index contributed by atoms with van der Waals surface area (Å²) in [6.45, 7) is 4.75. The predicted molar refractivity (Wildman–Crippen MR) is 76.7 cm³/mol. The molecule has 0 aromatic carbocycles. The third-order valence-electron chi connectivity index (χ3n) is 2.71. The van der Waals surface area contributed by atoms with Gasteiger partial charge in [0.05, 0.1) is 20.1 Å². The van der Waals surface area contributed by atoms with Crippen molar-refractivity contribution in [2.24, 2.45) is 0 Å². The van der Waals surface area contributed by atoms with E-state index in [9.17, 15) is 18.0 Å². The minimum Gasteiger partial charge on any atom is -0.469 e. The van der Waals surface area contributed by atoms with E-state index in [1.165, 1.54) is 14.2 Å². The summed E-state index contributed by atoms with van der Waals surface area (Å²) in [6.07, 6.45) is -0.0580. The van der Waals surface area contributed by atoms with Crippen molar-refractivity contribution in [3.63, 3.8) is 0 Å². The molecular weight excluding hydrogens is 300 g/mol. The third kappa shape index (κ3) is 6.40. The number of carbonyl (C=O) groups excluding carboxylic acids is 2. The molecule has 0 unspecified atom stereocenters. The van der Waals surface area contributed by atoms with E-state index in [4.69, 9.17) is 4.74 Å². The second kappa shape index (κ2) is 8.96. The Balaban J connectivity index is 4.93. The molecule has 21 heavy (non-hydrogen) atoms. The Kier molecular flexibility index (Phi) is 8.45. The topological polar surface area (TPSA) is 93.2 Å². The van der Waals surface area contributed by atoms with Gasteiger partial charge in [-0.3, -0.25) is 9.59 Å². The molecule has 0 N–H and O–H groups in total. The van der Waals surface area contributed by atoms with Crippen molar-refractivity contribution in [2.75, 3.05) is 33.9 Å². The molecule has 0 amide bonds. The van der Waals surface area contributed by atoms with E-state index in [0.29, 0.717) is 0 Å². The number of methoxy groups -OCH3 is 1. The molecule has 0 atom stereocenters. The van der Waals surface area contributed by atoms with E-state index >= 15 is 0 Å². The van der Waals surface area contributed by atoms with E-state index in [-0.39, 0.29) is 26.1 Å². The average Bonchev–Trinajstić information content (AvgIpc) is 2.41. The van der Waals surface area contributed by atoms with Crippen LogP contribution in [0.15, 0.2) is 0 Å². The average molecular weight is 324 g/mol. The highest BCUT2D eigenvalue weighted by molar-refractivity contribution is 7.86. The van der Waals surface area contributed by atoms with Gasteiger partial charge in [0.1, 0.15) is 6.54 Å². The summed E-state index contributed by atoms with van der Waals surface area (Å²) in [7, 11) is -1.28. The fourth-order valence-corrected chi connectivity index (χ4v) is 2.99. The summed E-state index contributed by atoms with van der Waals surface area (Å²) in [6, 6.07) is -0.417. The van der Waals surface area contributed by atoms with E-state index in [1.807, 2.05) is 0 Å². The molecule has 0 spiro atoms. The molecule has 124 valence electrons. The first kappa shape index (κ1) is 19.8. The first-order valence-electron chi connectivity index (χ1n) is 6.62. The largest absolute Gasteiger partial charge is 0.469 e. The monoisotopic (exact) mass is 324 g/mol. The highest BCUT2D eigenvalue weighted by atomic mass is 32.2. The summed E-state index contributed by atoms with van der Waals surface area (Å²) in [4.78, 5) is 22.6. The Morgan fingerprint density at radius 3 is 2.19 bits per heavy atom. The van der Waals surface area contributed by atoms with Gasteiger partial charge in [-0.2, -0.15) is 17.0 Å². The molecule has 0 heterocycles. The second-order valence-electron chi connectivity index (χ2n) is 4.60. The van der Waals surface area contributed by atoms with Gasteiger partial charge in [-0.15, -0.1) is 0 Å². The van der Waals surface area contributed by atoms with Gasteiger partial charge in [0.2, 0.25) is 0 Å². The number of hydrogen-bond donors (Lipinski definition) is 0. The summed E-state index contributed by atoms with van der Waals surface area (Å²) in [5, 5.41) is 0. The highest BCUT2D eigenvalue weighted by Gasteiger charge is 2.31. The molecule has 0 aromatic heterocycles. The van der Waals surface area contributed by atoms with Crippen molar-refractivity contribution in [2.45, 2.75) is 33.2 Å². The number of ether oxygens (including phenoxy) is 2. The molecule has 9 heteroatoms. The number of carbonyl (C=O) groups is 2. The van der Waals surface area contributed by atoms with Crippen LogP contribution >= 0.6 is 0 Å². The molecule has 0 saturated carbocycles. The summed E-state index contributed by atoms with van der Waals surface area (Å²) in [5.41, 5.74) is 0. The Hall–Kier alpha value is -1.19. The van der Waals surface area contributed by atoms with Gasteiger partial charge in [-0.1, -0.05) is 0 Å². The zero-order chi connectivity index (χ0) is 16.6. The van der Waals surface area contributed by atoms with E-state index < -0.39 is 28.2 Å². The van der Waals surface area contributed by atoms with Crippen molar-refractivity contribution in [3.05, 3.63) is 0 Å². The fraction of sp³-hybridized carbons (Fsp3) is 0.833. The lowest BCUT2D eigenvalue weighted by Gasteiger charge is -2.29. The van der Waals surface area contributed by atoms with Gasteiger partial charge < -0.3 is 9.47 Å². The number of nitrogens with zero attached hydrogens (tertiary/aromatic N) is 2. The lowest BCUT2D eigenvalue weighted by Crippen LogP contribution is -2.48. The first-order chi connectivity index (χ1) is 9.66. The minimum atomic E-state index is -3.86. The molecule has 0 aliphatic heterocycles. The van der Waals surface area contributed by atoms with Gasteiger partial charge in [-0.05, 0) is 20.8 Å². The van der Waals surface area contributed by atoms with E-state index in [0.717, 1.165) is 8.61 Å². The molecule has 0 radical (unpaired) electrons. The van der Waals surface area contributed by atoms with Gasteiger partial charge in [-0.25, -0.2) is 0 Å². The quantitative estimate of drug-likeness (QED) is 0.554. The van der Waals surface area contributed by atoms with Crippen LogP contribution in [0.1, 0.15) is 27.2 Å². The van der Waals surface area contributed by atoms with Crippen molar-refractivity contribution in [1.82, 2.24) is 8.61 Å². The molecule has 0 aliphatic rings. The number of hydrogen-bond acceptors (Lipinski definition) is 6. The van der Waals surface area contributed by atoms with Crippen LogP contribution in [0.5, 0.6) is 0 Å². The molecular formula is C12H24N2O6S. The standard InChI is InChI=1S/C12H24N2O6S/c1-6-20-12(16)9-14(10(2)3)21(17,18)13(4)8-7-11(15)19-5/h10H,6-9H2,1-5H3. The maximum Gasteiger partial charge on any atom is 0.321 e. The lowest BCUT2D eigenvalue weighted by atomic mass is 10.4. The lowest BCUT2D eigenvalue weighted by molar-refractivity contribution is -0.144. The Labute approximate surface area is 126 Å². The summed E-state index contributed by atoms with van der Waals surface area (Å²) >= 11 is 0. The smallest absolute Gasteiger partial charge is 0.321 e. The van der Waals surface area contributed by atoms with Crippen LogP contribution in [-0.2, 0) is 29.3 Å². The molecule has 0 bridgehead atoms. The van der Waals surface area contributed by atoms with Crippen LogP contribution in [-0.4, -0.2) is 68.9 Å². The van der Waals surface area contributed by atoms with Crippen molar-refractivity contribution in [3.8, 4) is 0 Å². The van der Waals surface area contributed by atoms with Crippen molar-refractivity contribution in [1.29, 1.82) is 0 Å². The molecule has 0 fully saturated rings. The van der Waals surface area contributed by atoms with Crippen LogP contribution in [0.2, 0.25) is 0 Å². The Morgan fingerprint density at radius 2 is 1.76 bits per heavy atom. The van der Waals surface area contributed by atoms with Gasteiger partial charge in [0.25, 0.3) is 10.2 Å². The highest BCUT2D eigenvalue weighted by Crippen LogP contribution is 2.12.